The average Bonchev–Trinajstić information content (AvgIpc) is 2.79. The van der Waals surface area contributed by atoms with Gasteiger partial charge >= 0.3 is 13.2 Å². The predicted molar refractivity (Wildman–Crippen MR) is 123 cm³/mol. The number of carbonyl (C=O) groups is 1. The van der Waals surface area contributed by atoms with Gasteiger partial charge in [0, 0.05) is 22.7 Å². The Morgan fingerprint density at radius 1 is 0.971 bits per heavy atom. The number of ether oxygens (including phenoxy) is 1. The Kier molecular flexibility index (Phi) is 8.12. The van der Waals surface area contributed by atoms with Crippen molar-refractivity contribution < 1.29 is 36.2 Å². The summed E-state index contributed by atoms with van der Waals surface area (Å²) in [6.07, 6.45) is 0. The molecule has 4 aromatic rings. The summed E-state index contributed by atoms with van der Waals surface area (Å²) in [6, 6.07) is 24.5. The first-order valence-corrected chi connectivity index (χ1v) is 10.5. The first kappa shape index (κ1) is 25.0. The molecule has 0 saturated heterocycles. The molecule has 4 nitrogen and oxygen atoms in total. The molecule has 1 aromatic heterocycles. The Labute approximate surface area is 197 Å². The van der Waals surface area contributed by atoms with Crippen LogP contribution in [0.25, 0.3) is 22.3 Å². The molecule has 176 valence electrons. The first-order valence-electron chi connectivity index (χ1n) is 10.2. The van der Waals surface area contributed by atoms with Gasteiger partial charge in [0.2, 0.25) is 11.0 Å². The largest absolute Gasteiger partial charge is 0.673 e. The van der Waals surface area contributed by atoms with E-state index >= 15 is 0 Å². The molecular formula is C24H19BClF4NO3. The van der Waals surface area contributed by atoms with Crippen LogP contribution < -0.4 is 10.3 Å². The molecule has 34 heavy (non-hydrogen) atoms. The highest BCUT2D eigenvalue weighted by atomic mass is 35.5. The maximum absolute atomic E-state index is 11.9. The van der Waals surface area contributed by atoms with Gasteiger partial charge in [0.1, 0.15) is 11.3 Å². The fraction of sp³-hybridized carbons (Fsp3) is 0.0833. The highest BCUT2D eigenvalue weighted by Gasteiger charge is 2.20. The van der Waals surface area contributed by atoms with Gasteiger partial charge in [-0.25, -0.2) is 9.79 Å². The molecular weight excluding hydrogens is 473 g/mol. The van der Waals surface area contributed by atoms with E-state index in [4.69, 9.17) is 20.8 Å². The lowest BCUT2D eigenvalue weighted by molar-refractivity contribution is -0.400. The smallest absolute Gasteiger partial charge is 0.462 e. The Morgan fingerprint density at radius 3 is 2.21 bits per heavy atom. The molecule has 0 bridgehead atoms. The number of benzene rings is 3. The van der Waals surface area contributed by atoms with E-state index < -0.39 is 7.25 Å². The third-order valence-corrected chi connectivity index (χ3v) is 4.73. The minimum atomic E-state index is -6.00. The second kappa shape index (κ2) is 11.0. The van der Waals surface area contributed by atoms with E-state index in [1.807, 2.05) is 66.7 Å². The van der Waals surface area contributed by atoms with Crippen molar-refractivity contribution in [1.82, 2.24) is 0 Å². The van der Waals surface area contributed by atoms with Crippen molar-refractivity contribution in [3.8, 4) is 11.3 Å². The molecule has 10 heteroatoms. The highest BCUT2D eigenvalue weighted by Crippen LogP contribution is 2.23. The number of rotatable bonds is 4. The molecule has 0 radical (unpaired) electrons. The van der Waals surface area contributed by atoms with E-state index in [9.17, 15) is 22.1 Å². The summed E-state index contributed by atoms with van der Waals surface area (Å²) in [5.74, 6) is 0.402. The highest BCUT2D eigenvalue weighted by molar-refractivity contribution is 6.50. The van der Waals surface area contributed by atoms with Crippen LogP contribution in [-0.4, -0.2) is 19.8 Å². The SMILES string of the molecule is CCOC(=O)c1ccc([NH+]=c2cc(-c3ccc(Cl)cc3)oc3ccccc23)cc1.F[B-](F)(F)F. The number of carbonyl (C=O) groups excluding carboxylic acids is 1. The van der Waals surface area contributed by atoms with Crippen LogP contribution in [0.5, 0.6) is 0 Å². The van der Waals surface area contributed by atoms with E-state index in [2.05, 4.69) is 4.99 Å². The molecule has 0 aliphatic heterocycles. The number of hydrogen-bond donors (Lipinski definition) is 1. The molecule has 0 fully saturated rings. The van der Waals surface area contributed by atoms with Crippen LogP contribution in [0.1, 0.15) is 17.3 Å². The van der Waals surface area contributed by atoms with Crippen molar-refractivity contribution in [2.45, 2.75) is 6.92 Å². The molecule has 1 N–H and O–H groups in total. The fourth-order valence-electron chi connectivity index (χ4n) is 3.05. The van der Waals surface area contributed by atoms with Gasteiger partial charge in [0.15, 0.2) is 0 Å². The molecule has 0 aliphatic carbocycles. The molecule has 0 aliphatic rings. The second-order valence-electron chi connectivity index (χ2n) is 6.95. The lowest BCUT2D eigenvalue weighted by atomic mass is 10.1. The van der Waals surface area contributed by atoms with E-state index in [1.54, 1.807) is 19.1 Å². The van der Waals surface area contributed by atoms with E-state index in [0.717, 1.165) is 33.3 Å². The standard InChI is InChI=1S/C24H18ClNO3.BF4/c1-2-28-24(27)17-9-13-19(14-10-17)26-21-15-23(16-7-11-18(25)12-8-16)29-22-6-4-3-5-20(21)22;2-1(3,4)5/h3-15H,2H2,1H3;/q;-1/p+1. The Bertz CT molecular complexity index is 1330. The van der Waals surface area contributed by atoms with E-state index in [-0.39, 0.29) is 5.97 Å². The Morgan fingerprint density at radius 2 is 1.59 bits per heavy atom. The summed E-state index contributed by atoms with van der Waals surface area (Å²) in [7, 11) is -6.00. The number of nitrogens with one attached hydrogen (secondary N) is 1. The maximum atomic E-state index is 11.9. The van der Waals surface area contributed by atoms with Crippen molar-refractivity contribution in [2.24, 2.45) is 0 Å². The van der Waals surface area contributed by atoms with Crippen LogP contribution in [0.15, 0.2) is 83.3 Å². The molecule has 0 unspecified atom stereocenters. The third-order valence-electron chi connectivity index (χ3n) is 4.48. The summed E-state index contributed by atoms with van der Waals surface area (Å²) in [4.78, 5) is 15.3. The lowest BCUT2D eigenvalue weighted by Crippen LogP contribution is -2.70. The van der Waals surface area contributed by atoms with E-state index in [1.165, 1.54) is 0 Å². The van der Waals surface area contributed by atoms with Gasteiger partial charge in [-0.3, -0.25) is 0 Å². The molecule has 4 rings (SSSR count). The van der Waals surface area contributed by atoms with Gasteiger partial charge in [0.05, 0.1) is 23.6 Å². The Balaban J connectivity index is 0.000000588. The van der Waals surface area contributed by atoms with Gasteiger partial charge in [-0.2, -0.15) is 0 Å². The second-order valence-corrected chi connectivity index (χ2v) is 7.38. The van der Waals surface area contributed by atoms with Crippen LogP contribution in [0.4, 0.5) is 23.0 Å². The van der Waals surface area contributed by atoms with Crippen LogP contribution in [-0.2, 0) is 4.74 Å². The molecule has 0 atom stereocenters. The number of para-hydroxylation sites is 1. The number of halogens is 5. The summed E-state index contributed by atoms with van der Waals surface area (Å²) < 4.78 is 50.1. The van der Waals surface area contributed by atoms with Gasteiger partial charge in [-0.05, 0) is 55.5 Å². The van der Waals surface area contributed by atoms with Crippen LogP contribution in [0.2, 0.25) is 5.02 Å². The fourth-order valence-corrected chi connectivity index (χ4v) is 3.18. The van der Waals surface area contributed by atoms with Gasteiger partial charge in [-0.1, -0.05) is 23.7 Å². The van der Waals surface area contributed by atoms with Crippen LogP contribution in [0, 0.1) is 0 Å². The monoisotopic (exact) mass is 491 g/mol. The summed E-state index contributed by atoms with van der Waals surface area (Å²) in [5, 5.41) is 2.54. The van der Waals surface area contributed by atoms with Gasteiger partial charge < -0.3 is 26.4 Å². The van der Waals surface area contributed by atoms with Crippen molar-refractivity contribution in [1.29, 1.82) is 0 Å². The lowest BCUT2D eigenvalue weighted by Gasteiger charge is -2.03. The van der Waals surface area contributed by atoms with Crippen molar-refractivity contribution in [3.05, 3.63) is 94.8 Å². The summed E-state index contributed by atoms with van der Waals surface area (Å²) in [5.41, 5.74) is 3.08. The molecule has 0 amide bonds. The molecule has 3 aromatic carbocycles. The molecule has 0 spiro atoms. The summed E-state index contributed by atoms with van der Waals surface area (Å²) >= 11 is 6.01. The third kappa shape index (κ3) is 7.21. The van der Waals surface area contributed by atoms with Crippen molar-refractivity contribution >= 4 is 41.5 Å². The average molecular weight is 492 g/mol. The van der Waals surface area contributed by atoms with Crippen molar-refractivity contribution in [2.75, 3.05) is 6.61 Å². The first-order chi connectivity index (χ1) is 16.1. The van der Waals surface area contributed by atoms with Gasteiger partial charge in [-0.15, -0.1) is 0 Å². The zero-order chi connectivity index (χ0) is 24.7. The van der Waals surface area contributed by atoms with Crippen LogP contribution in [0.3, 0.4) is 0 Å². The van der Waals surface area contributed by atoms with E-state index in [0.29, 0.717) is 17.2 Å². The predicted octanol–water partition coefficient (Wildman–Crippen LogP) is 5.54. The van der Waals surface area contributed by atoms with Crippen molar-refractivity contribution in [3.63, 3.8) is 0 Å². The quantitative estimate of drug-likeness (QED) is 0.232. The zero-order valence-corrected chi connectivity index (χ0v) is 18.7. The number of fused-ring (bicyclic) bond motifs is 1. The number of esters is 1. The minimum Gasteiger partial charge on any atom is -0.462 e. The number of hydrogen-bond acceptors (Lipinski definition) is 3. The topological polar surface area (TPSA) is 53.4 Å². The maximum Gasteiger partial charge on any atom is 0.673 e. The normalized spacial score (nSPS) is 11.6. The summed E-state index contributed by atoms with van der Waals surface area (Å²) in [6.45, 7) is 2.14. The van der Waals surface area contributed by atoms with Crippen LogP contribution >= 0.6 is 11.6 Å². The zero-order valence-electron chi connectivity index (χ0n) is 17.9. The molecule has 1 heterocycles. The Hall–Kier alpha value is -3.59. The minimum absolute atomic E-state index is 0.326. The van der Waals surface area contributed by atoms with Gasteiger partial charge in [0.25, 0.3) is 0 Å². The molecule has 0 saturated carbocycles.